The minimum atomic E-state index is -0.422. The molecule has 3 rings (SSSR count). The highest BCUT2D eigenvalue weighted by Crippen LogP contribution is 2.38. The Hall–Kier alpha value is -2.13. The Bertz CT molecular complexity index is 754. The van der Waals surface area contributed by atoms with Gasteiger partial charge < -0.3 is 5.73 Å². The van der Waals surface area contributed by atoms with E-state index in [0.29, 0.717) is 33.8 Å². The van der Waals surface area contributed by atoms with Crippen LogP contribution in [0.25, 0.3) is 5.57 Å². The second-order valence-electron chi connectivity index (χ2n) is 5.09. The predicted molar refractivity (Wildman–Crippen MR) is 81.3 cm³/mol. The van der Waals surface area contributed by atoms with Crippen LogP contribution in [0.1, 0.15) is 23.5 Å². The van der Waals surface area contributed by atoms with Gasteiger partial charge in [-0.2, -0.15) is 0 Å². The van der Waals surface area contributed by atoms with Crippen LogP contribution < -0.4 is 5.73 Å². The fraction of sp³-hybridized carbons (Fsp3) is 0.118. The molecule has 2 N–H and O–H groups in total. The molecule has 21 heavy (non-hydrogen) atoms. The van der Waals surface area contributed by atoms with Crippen LogP contribution >= 0.6 is 11.6 Å². The molecule has 1 aliphatic carbocycles. The molecule has 2 nitrogen and oxygen atoms in total. The van der Waals surface area contributed by atoms with E-state index in [1.165, 1.54) is 12.1 Å². The lowest BCUT2D eigenvalue weighted by molar-refractivity contribution is -0.114. The van der Waals surface area contributed by atoms with E-state index < -0.39 is 5.92 Å². The number of hydrogen-bond acceptors (Lipinski definition) is 2. The molecule has 0 spiro atoms. The van der Waals surface area contributed by atoms with Gasteiger partial charge in [-0.05, 0) is 35.4 Å². The zero-order valence-corrected chi connectivity index (χ0v) is 11.9. The Balaban J connectivity index is 1.98. The smallest absolute Gasteiger partial charge is 0.173 e. The molecule has 0 saturated carbocycles. The van der Waals surface area contributed by atoms with Crippen molar-refractivity contribution in [2.24, 2.45) is 5.73 Å². The molecule has 0 saturated heterocycles. The summed E-state index contributed by atoms with van der Waals surface area (Å²) in [5.74, 6) is -0.856. The monoisotopic (exact) mass is 301 g/mol. The maximum Gasteiger partial charge on any atom is 0.173 e. The summed E-state index contributed by atoms with van der Waals surface area (Å²) in [6.45, 7) is 0. The van der Waals surface area contributed by atoms with Crippen LogP contribution in [-0.4, -0.2) is 5.78 Å². The summed E-state index contributed by atoms with van der Waals surface area (Å²) < 4.78 is 13.3. The van der Waals surface area contributed by atoms with Gasteiger partial charge in [0.2, 0.25) is 0 Å². The predicted octanol–water partition coefficient (Wildman–Crippen LogP) is 3.91. The summed E-state index contributed by atoms with van der Waals surface area (Å²) in [7, 11) is 0. The van der Waals surface area contributed by atoms with Gasteiger partial charge in [-0.25, -0.2) is 4.39 Å². The van der Waals surface area contributed by atoms with Crippen LogP contribution in [0.15, 0.2) is 54.2 Å². The third kappa shape index (κ3) is 2.57. The summed E-state index contributed by atoms with van der Waals surface area (Å²) in [4.78, 5) is 12.6. The van der Waals surface area contributed by atoms with Gasteiger partial charge in [0.25, 0.3) is 0 Å². The van der Waals surface area contributed by atoms with Gasteiger partial charge in [-0.3, -0.25) is 4.79 Å². The van der Waals surface area contributed by atoms with Crippen molar-refractivity contribution in [1.29, 1.82) is 0 Å². The summed E-state index contributed by atoms with van der Waals surface area (Å²) in [6.07, 6.45) is 0.407. The summed E-state index contributed by atoms with van der Waals surface area (Å²) >= 11 is 5.97. The van der Waals surface area contributed by atoms with E-state index >= 15 is 0 Å². The number of carbonyl (C=O) groups excluding carboxylic acids is 1. The standard InChI is InChI=1S/C17H13ClFNO/c18-12-5-1-4-11(7-12)16-15(20)9-14(17(16)21)10-3-2-6-13(19)8-10/h1-8,14H,9,20H2. The van der Waals surface area contributed by atoms with Gasteiger partial charge in [-0.1, -0.05) is 35.9 Å². The molecule has 1 unspecified atom stereocenters. The van der Waals surface area contributed by atoms with Crippen molar-refractivity contribution < 1.29 is 9.18 Å². The Labute approximate surface area is 127 Å². The van der Waals surface area contributed by atoms with Crippen molar-refractivity contribution in [3.05, 3.63) is 76.2 Å². The van der Waals surface area contributed by atoms with Crippen molar-refractivity contribution in [3.63, 3.8) is 0 Å². The quantitative estimate of drug-likeness (QED) is 0.914. The molecule has 106 valence electrons. The maximum atomic E-state index is 13.3. The lowest BCUT2D eigenvalue weighted by atomic mass is 9.93. The number of Topliss-reactive ketones (excluding diaryl/α,β-unsaturated/α-hetero) is 1. The number of ketones is 1. The minimum Gasteiger partial charge on any atom is -0.401 e. The molecular formula is C17H13ClFNO. The van der Waals surface area contributed by atoms with Crippen LogP contribution in [0.5, 0.6) is 0 Å². The largest absolute Gasteiger partial charge is 0.401 e. The second kappa shape index (κ2) is 5.34. The molecule has 2 aromatic carbocycles. The number of benzene rings is 2. The first-order valence-corrected chi connectivity index (χ1v) is 6.98. The van der Waals surface area contributed by atoms with E-state index in [0.717, 1.165) is 0 Å². The minimum absolute atomic E-state index is 0.0830. The highest BCUT2D eigenvalue weighted by atomic mass is 35.5. The first kappa shape index (κ1) is 13.8. The van der Waals surface area contributed by atoms with E-state index in [2.05, 4.69) is 0 Å². The third-order valence-electron chi connectivity index (χ3n) is 3.67. The van der Waals surface area contributed by atoms with Crippen molar-refractivity contribution in [3.8, 4) is 0 Å². The van der Waals surface area contributed by atoms with Crippen molar-refractivity contribution in [1.82, 2.24) is 0 Å². The molecule has 4 heteroatoms. The van der Waals surface area contributed by atoms with Crippen molar-refractivity contribution in [2.45, 2.75) is 12.3 Å². The van der Waals surface area contributed by atoms with Gasteiger partial charge in [0, 0.05) is 22.7 Å². The zero-order valence-electron chi connectivity index (χ0n) is 11.1. The average molecular weight is 302 g/mol. The van der Waals surface area contributed by atoms with Gasteiger partial charge in [-0.15, -0.1) is 0 Å². The van der Waals surface area contributed by atoms with Gasteiger partial charge in [0.05, 0.1) is 5.92 Å². The van der Waals surface area contributed by atoms with Crippen LogP contribution in [-0.2, 0) is 4.79 Å². The summed E-state index contributed by atoms with van der Waals surface area (Å²) in [5.41, 5.74) is 8.42. The van der Waals surface area contributed by atoms with Gasteiger partial charge in [0.1, 0.15) is 5.82 Å². The van der Waals surface area contributed by atoms with Crippen molar-refractivity contribution in [2.75, 3.05) is 0 Å². The Morgan fingerprint density at radius 1 is 1.14 bits per heavy atom. The Morgan fingerprint density at radius 2 is 1.90 bits per heavy atom. The Morgan fingerprint density at radius 3 is 2.62 bits per heavy atom. The molecule has 0 bridgehead atoms. The number of carbonyl (C=O) groups is 1. The maximum absolute atomic E-state index is 13.3. The number of allylic oxidation sites excluding steroid dienone is 2. The number of hydrogen-bond donors (Lipinski definition) is 1. The topological polar surface area (TPSA) is 43.1 Å². The molecule has 0 aliphatic heterocycles. The van der Waals surface area contributed by atoms with E-state index in [-0.39, 0.29) is 11.6 Å². The molecule has 0 aromatic heterocycles. The number of halogens is 2. The van der Waals surface area contributed by atoms with E-state index in [9.17, 15) is 9.18 Å². The normalized spacial score (nSPS) is 18.4. The molecule has 0 radical (unpaired) electrons. The molecule has 0 amide bonds. The van der Waals surface area contributed by atoms with E-state index in [1.807, 2.05) is 0 Å². The molecular weight excluding hydrogens is 289 g/mol. The lowest BCUT2D eigenvalue weighted by Gasteiger charge is -2.10. The van der Waals surface area contributed by atoms with Gasteiger partial charge in [0.15, 0.2) is 5.78 Å². The first-order valence-electron chi connectivity index (χ1n) is 6.60. The van der Waals surface area contributed by atoms with Crippen LogP contribution in [0, 0.1) is 5.82 Å². The molecule has 0 heterocycles. The highest BCUT2D eigenvalue weighted by Gasteiger charge is 2.33. The Kier molecular flexibility index (Phi) is 3.52. The number of rotatable bonds is 2. The second-order valence-corrected chi connectivity index (χ2v) is 5.52. The van der Waals surface area contributed by atoms with Gasteiger partial charge >= 0.3 is 0 Å². The molecule has 0 fully saturated rings. The number of nitrogens with two attached hydrogens (primary N) is 1. The third-order valence-corrected chi connectivity index (χ3v) is 3.91. The van der Waals surface area contributed by atoms with E-state index in [1.54, 1.807) is 36.4 Å². The average Bonchev–Trinajstić information content (AvgIpc) is 2.74. The lowest BCUT2D eigenvalue weighted by Crippen LogP contribution is -2.08. The summed E-state index contributed by atoms with van der Waals surface area (Å²) in [6, 6.07) is 13.1. The molecule has 1 atom stereocenters. The first-order chi connectivity index (χ1) is 10.1. The molecule has 2 aromatic rings. The van der Waals surface area contributed by atoms with Crippen LogP contribution in [0.4, 0.5) is 4.39 Å². The van der Waals surface area contributed by atoms with Crippen molar-refractivity contribution >= 4 is 23.0 Å². The van der Waals surface area contributed by atoms with Crippen LogP contribution in [0.2, 0.25) is 5.02 Å². The van der Waals surface area contributed by atoms with E-state index in [4.69, 9.17) is 17.3 Å². The highest BCUT2D eigenvalue weighted by molar-refractivity contribution is 6.31. The molecule has 1 aliphatic rings. The fourth-order valence-corrected chi connectivity index (χ4v) is 2.90. The zero-order chi connectivity index (χ0) is 15.0. The fourth-order valence-electron chi connectivity index (χ4n) is 2.71. The van der Waals surface area contributed by atoms with Crippen LogP contribution in [0.3, 0.4) is 0 Å². The summed E-state index contributed by atoms with van der Waals surface area (Å²) in [5, 5.41) is 0.551. The SMILES string of the molecule is NC1=C(c2cccc(Cl)c2)C(=O)C(c2cccc(F)c2)C1.